The molecule has 3 nitrogen and oxygen atoms in total. The summed E-state index contributed by atoms with van der Waals surface area (Å²) in [5.74, 6) is 0. The van der Waals surface area contributed by atoms with Crippen LogP contribution in [0.25, 0.3) is 0 Å². The quantitative estimate of drug-likeness (QED) is 0.729. The molecule has 1 fully saturated rings. The van der Waals surface area contributed by atoms with Crippen molar-refractivity contribution in [2.24, 2.45) is 0 Å². The van der Waals surface area contributed by atoms with E-state index in [9.17, 15) is 10.2 Å². The third kappa shape index (κ3) is 2.96. The summed E-state index contributed by atoms with van der Waals surface area (Å²) in [6.45, 7) is 2.23. The Bertz CT molecular complexity index is 186. The summed E-state index contributed by atoms with van der Waals surface area (Å²) >= 11 is 0. The molecule has 1 saturated carbocycles. The number of nitrogens with zero attached hydrogens (tertiary/aromatic N) is 1. The minimum absolute atomic E-state index is 0.0599. The van der Waals surface area contributed by atoms with E-state index in [0.717, 1.165) is 12.8 Å². The lowest BCUT2D eigenvalue weighted by Crippen LogP contribution is -2.56. The van der Waals surface area contributed by atoms with Crippen LogP contribution in [0.2, 0.25) is 0 Å². The summed E-state index contributed by atoms with van der Waals surface area (Å²) in [7, 11) is 2.07. The summed E-state index contributed by atoms with van der Waals surface area (Å²) in [6, 6.07) is 0.541. The van der Waals surface area contributed by atoms with E-state index < -0.39 is 5.54 Å². The van der Waals surface area contributed by atoms with Crippen molar-refractivity contribution in [1.82, 2.24) is 4.90 Å². The van der Waals surface area contributed by atoms with E-state index in [1.54, 1.807) is 0 Å². The molecular formula is C13H27NO2. The zero-order chi connectivity index (χ0) is 12.0. The third-order valence-corrected chi connectivity index (χ3v) is 4.17. The molecular weight excluding hydrogens is 202 g/mol. The summed E-state index contributed by atoms with van der Waals surface area (Å²) < 4.78 is 0. The van der Waals surface area contributed by atoms with Crippen molar-refractivity contribution in [3.8, 4) is 0 Å². The van der Waals surface area contributed by atoms with Gasteiger partial charge in [-0.1, -0.05) is 32.6 Å². The van der Waals surface area contributed by atoms with Crippen LogP contribution in [0.4, 0.5) is 0 Å². The molecule has 0 amide bonds. The van der Waals surface area contributed by atoms with Crippen molar-refractivity contribution in [2.45, 2.75) is 63.5 Å². The van der Waals surface area contributed by atoms with Crippen LogP contribution in [0.5, 0.6) is 0 Å². The molecule has 0 unspecified atom stereocenters. The zero-order valence-electron chi connectivity index (χ0n) is 10.8. The molecule has 0 aromatic heterocycles. The van der Waals surface area contributed by atoms with Gasteiger partial charge in [0.2, 0.25) is 0 Å². The fourth-order valence-corrected chi connectivity index (χ4v) is 2.93. The van der Waals surface area contributed by atoms with Crippen LogP contribution in [0.3, 0.4) is 0 Å². The highest BCUT2D eigenvalue weighted by Crippen LogP contribution is 2.29. The standard InChI is InChI=1S/C13H27NO2/c1-3-9-13(10-15,11-16)14(2)12-7-5-4-6-8-12/h12,15-16H,3-11H2,1-2H3. The van der Waals surface area contributed by atoms with Crippen molar-refractivity contribution < 1.29 is 10.2 Å². The Morgan fingerprint density at radius 2 is 1.69 bits per heavy atom. The van der Waals surface area contributed by atoms with Gasteiger partial charge in [0.1, 0.15) is 0 Å². The second-order valence-electron chi connectivity index (χ2n) is 5.19. The number of aliphatic hydroxyl groups is 2. The van der Waals surface area contributed by atoms with Gasteiger partial charge in [0, 0.05) is 6.04 Å². The topological polar surface area (TPSA) is 43.7 Å². The Hall–Kier alpha value is -0.120. The average molecular weight is 229 g/mol. The summed E-state index contributed by atoms with van der Waals surface area (Å²) in [5, 5.41) is 19.2. The lowest BCUT2D eigenvalue weighted by molar-refractivity contribution is -0.0355. The van der Waals surface area contributed by atoms with Gasteiger partial charge in [0.05, 0.1) is 18.8 Å². The first-order chi connectivity index (χ1) is 7.70. The average Bonchev–Trinajstić information content (AvgIpc) is 2.36. The van der Waals surface area contributed by atoms with Crippen LogP contribution in [0, 0.1) is 0 Å². The predicted octanol–water partition coefficient (Wildman–Crippen LogP) is 1.77. The second-order valence-corrected chi connectivity index (χ2v) is 5.19. The highest BCUT2D eigenvalue weighted by Gasteiger charge is 2.36. The molecule has 1 aliphatic carbocycles. The highest BCUT2D eigenvalue weighted by atomic mass is 16.3. The van der Waals surface area contributed by atoms with Gasteiger partial charge < -0.3 is 10.2 Å². The monoisotopic (exact) mass is 229 g/mol. The molecule has 0 aromatic carbocycles. The van der Waals surface area contributed by atoms with Crippen molar-refractivity contribution in [2.75, 3.05) is 20.3 Å². The molecule has 0 heterocycles. The van der Waals surface area contributed by atoms with Gasteiger partial charge in [-0.25, -0.2) is 0 Å². The number of hydrogen-bond acceptors (Lipinski definition) is 3. The van der Waals surface area contributed by atoms with Crippen molar-refractivity contribution in [3.05, 3.63) is 0 Å². The molecule has 1 aliphatic rings. The fourth-order valence-electron chi connectivity index (χ4n) is 2.93. The molecule has 2 N–H and O–H groups in total. The maximum absolute atomic E-state index is 9.61. The van der Waals surface area contributed by atoms with Crippen LogP contribution in [-0.2, 0) is 0 Å². The van der Waals surface area contributed by atoms with Gasteiger partial charge in [-0.3, -0.25) is 4.90 Å². The lowest BCUT2D eigenvalue weighted by atomic mass is 9.87. The lowest BCUT2D eigenvalue weighted by Gasteiger charge is -2.45. The third-order valence-electron chi connectivity index (χ3n) is 4.17. The van der Waals surface area contributed by atoms with E-state index >= 15 is 0 Å². The van der Waals surface area contributed by atoms with E-state index in [4.69, 9.17) is 0 Å². The number of aliphatic hydroxyl groups excluding tert-OH is 2. The number of hydrogen-bond donors (Lipinski definition) is 2. The minimum Gasteiger partial charge on any atom is -0.394 e. The first-order valence-corrected chi connectivity index (χ1v) is 6.65. The van der Waals surface area contributed by atoms with Crippen LogP contribution in [0.15, 0.2) is 0 Å². The predicted molar refractivity (Wildman–Crippen MR) is 66.4 cm³/mol. The van der Waals surface area contributed by atoms with E-state index in [2.05, 4.69) is 18.9 Å². The van der Waals surface area contributed by atoms with Gasteiger partial charge >= 0.3 is 0 Å². The van der Waals surface area contributed by atoms with Gasteiger partial charge in [-0.15, -0.1) is 0 Å². The Labute approximate surface area is 99.5 Å². The summed E-state index contributed by atoms with van der Waals surface area (Å²) in [4.78, 5) is 2.25. The maximum atomic E-state index is 9.61. The molecule has 0 aromatic rings. The Balaban J connectivity index is 2.67. The smallest absolute Gasteiger partial charge is 0.0672 e. The molecule has 16 heavy (non-hydrogen) atoms. The largest absolute Gasteiger partial charge is 0.394 e. The Morgan fingerprint density at radius 1 is 1.12 bits per heavy atom. The SMILES string of the molecule is CCCC(CO)(CO)N(C)C1CCCCC1. The van der Waals surface area contributed by atoms with Crippen LogP contribution in [-0.4, -0.2) is 47.0 Å². The van der Waals surface area contributed by atoms with Gasteiger partial charge in [-0.05, 0) is 26.3 Å². The van der Waals surface area contributed by atoms with Gasteiger partial charge in [0.15, 0.2) is 0 Å². The highest BCUT2D eigenvalue weighted by molar-refractivity contribution is 4.92. The molecule has 0 spiro atoms. The first-order valence-electron chi connectivity index (χ1n) is 6.65. The summed E-state index contributed by atoms with van der Waals surface area (Å²) in [6.07, 6.45) is 8.20. The van der Waals surface area contributed by atoms with Crippen molar-refractivity contribution in [3.63, 3.8) is 0 Å². The second kappa shape index (κ2) is 6.58. The fraction of sp³-hybridized carbons (Fsp3) is 1.00. The first kappa shape index (κ1) is 13.9. The molecule has 96 valence electrons. The number of rotatable bonds is 6. The van der Waals surface area contributed by atoms with Crippen LogP contribution in [0.1, 0.15) is 51.9 Å². The molecule has 0 aliphatic heterocycles. The van der Waals surface area contributed by atoms with Gasteiger partial charge in [0.25, 0.3) is 0 Å². The Morgan fingerprint density at radius 3 is 2.12 bits per heavy atom. The normalized spacial score (nSPS) is 19.3. The molecule has 0 saturated heterocycles. The molecule has 1 rings (SSSR count). The van der Waals surface area contributed by atoms with Crippen LogP contribution >= 0.6 is 0 Å². The van der Waals surface area contributed by atoms with Crippen molar-refractivity contribution in [1.29, 1.82) is 0 Å². The van der Waals surface area contributed by atoms with E-state index in [1.165, 1.54) is 32.1 Å². The van der Waals surface area contributed by atoms with Crippen molar-refractivity contribution >= 4 is 0 Å². The molecule has 0 radical (unpaired) electrons. The van der Waals surface area contributed by atoms with Crippen LogP contribution < -0.4 is 0 Å². The maximum Gasteiger partial charge on any atom is 0.0672 e. The van der Waals surface area contributed by atoms with E-state index in [-0.39, 0.29) is 13.2 Å². The number of likely N-dealkylation sites (N-methyl/N-ethyl adjacent to an activating group) is 1. The Kier molecular flexibility index (Phi) is 5.73. The van der Waals surface area contributed by atoms with Gasteiger partial charge in [-0.2, -0.15) is 0 Å². The van der Waals surface area contributed by atoms with E-state index in [0.29, 0.717) is 6.04 Å². The zero-order valence-corrected chi connectivity index (χ0v) is 10.8. The molecule has 0 atom stereocenters. The minimum atomic E-state index is -0.406. The molecule has 0 bridgehead atoms. The van der Waals surface area contributed by atoms with E-state index in [1.807, 2.05) is 0 Å². The summed E-state index contributed by atoms with van der Waals surface area (Å²) in [5.41, 5.74) is -0.406. The molecule has 3 heteroatoms.